The minimum absolute atomic E-state index is 1.05. The molecule has 0 fully saturated rings. The van der Waals surface area contributed by atoms with Crippen LogP contribution in [0.25, 0.3) is 11.3 Å². The number of hydrogen-bond donors (Lipinski definition) is 0. The molecule has 68 valence electrons. The van der Waals surface area contributed by atoms with Crippen molar-refractivity contribution in [3.8, 4) is 11.3 Å². The van der Waals surface area contributed by atoms with Gasteiger partial charge in [0, 0.05) is 17.1 Å². The van der Waals surface area contributed by atoms with Crippen LogP contribution < -0.4 is 0 Å². The fourth-order valence-corrected chi connectivity index (χ4v) is 1.59. The lowest BCUT2D eigenvalue weighted by Gasteiger charge is -1.92. The molecule has 2 rings (SSSR count). The van der Waals surface area contributed by atoms with E-state index in [1.54, 1.807) is 11.3 Å². The second kappa shape index (κ2) is 5.49. The Morgan fingerprint density at radius 1 is 1.15 bits per heavy atom. The maximum atomic E-state index is 4.23. The standard InChI is InChI=1S/C9H7NS.C2H6/c1-2-5-10-9(3-1)8-4-6-11-7-8;1-2/h1-7H;1-2H3. The fourth-order valence-electron chi connectivity index (χ4n) is 0.944. The highest BCUT2D eigenvalue weighted by atomic mass is 32.1. The highest BCUT2D eigenvalue weighted by molar-refractivity contribution is 7.08. The van der Waals surface area contributed by atoms with Gasteiger partial charge in [0.15, 0.2) is 0 Å². The van der Waals surface area contributed by atoms with Gasteiger partial charge in [-0.2, -0.15) is 11.3 Å². The van der Waals surface area contributed by atoms with Crippen molar-refractivity contribution in [2.24, 2.45) is 0 Å². The number of rotatable bonds is 1. The van der Waals surface area contributed by atoms with Crippen LogP contribution >= 0.6 is 11.3 Å². The quantitative estimate of drug-likeness (QED) is 0.667. The van der Waals surface area contributed by atoms with Crippen molar-refractivity contribution in [3.05, 3.63) is 41.2 Å². The summed E-state index contributed by atoms with van der Waals surface area (Å²) >= 11 is 1.69. The molecule has 0 radical (unpaired) electrons. The molecule has 0 atom stereocenters. The molecule has 0 bridgehead atoms. The Morgan fingerprint density at radius 2 is 2.00 bits per heavy atom. The summed E-state index contributed by atoms with van der Waals surface area (Å²) in [5.74, 6) is 0. The van der Waals surface area contributed by atoms with Crippen molar-refractivity contribution in [2.75, 3.05) is 0 Å². The van der Waals surface area contributed by atoms with Crippen LogP contribution in [0.3, 0.4) is 0 Å². The number of aromatic nitrogens is 1. The van der Waals surface area contributed by atoms with E-state index in [0.717, 1.165) is 5.69 Å². The van der Waals surface area contributed by atoms with Crippen LogP contribution in [0.1, 0.15) is 13.8 Å². The molecule has 0 unspecified atom stereocenters. The number of hydrogen-bond acceptors (Lipinski definition) is 2. The maximum Gasteiger partial charge on any atom is 0.0710 e. The molecule has 2 heterocycles. The zero-order valence-electron chi connectivity index (χ0n) is 7.90. The molecule has 0 saturated heterocycles. The number of pyridine rings is 1. The molecule has 0 spiro atoms. The Balaban J connectivity index is 0.000000396. The van der Waals surface area contributed by atoms with Gasteiger partial charge in [0.2, 0.25) is 0 Å². The van der Waals surface area contributed by atoms with Crippen LogP contribution in [-0.2, 0) is 0 Å². The summed E-state index contributed by atoms with van der Waals surface area (Å²) in [6, 6.07) is 8.02. The van der Waals surface area contributed by atoms with E-state index in [9.17, 15) is 0 Å². The van der Waals surface area contributed by atoms with Gasteiger partial charge >= 0.3 is 0 Å². The molecular weight excluding hydrogens is 178 g/mol. The number of thiophene rings is 1. The van der Waals surface area contributed by atoms with Gasteiger partial charge in [0.05, 0.1) is 5.69 Å². The molecule has 2 heteroatoms. The summed E-state index contributed by atoms with van der Waals surface area (Å²) in [4.78, 5) is 4.23. The van der Waals surface area contributed by atoms with Crippen molar-refractivity contribution >= 4 is 11.3 Å². The van der Waals surface area contributed by atoms with Crippen molar-refractivity contribution in [1.29, 1.82) is 0 Å². The van der Waals surface area contributed by atoms with E-state index >= 15 is 0 Å². The molecule has 0 aliphatic carbocycles. The van der Waals surface area contributed by atoms with E-state index in [2.05, 4.69) is 21.8 Å². The Labute approximate surface area is 83.1 Å². The van der Waals surface area contributed by atoms with Gasteiger partial charge in [-0.15, -0.1) is 0 Å². The van der Waals surface area contributed by atoms with Gasteiger partial charge in [0.25, 0.3) is 0 Å². The first-order chi connectivity index (χ1) is 6.47. The van der Waals surface area contributed by atoms with Gasteiger partial charge in [0.1, 0.15) is 0 Å². The first kappa shape index (κ1) is 9.93. The predicted octanol–water partition coefficient (Wildman–Crippen LogP) is 3.84. The minimum atomic E-state index is 1.05. The average molecular weight is 191 g/mol. The molecule has 2 aromatic heterocycles. The van der Waals surface area contributed by atoms with Gasteiger partial charge in [-0.3, -0.25) is 4.98 Å². The lowest BCUT2D eigenvalue weighted by Crippen LogP contribution is -1.76. The van der Waals surface area contributed by atoms with Gasteiger partial charge < -0.3 is 0 Å². The molecule has 1 nitrogen and oxygen atoms in total. The Morgan fingerprint density at radius 3 is 2.54 bits per heavy atom. The predicted molar refractivity (Wildman–Crippen MR) is 58.9 cm³/mol. The highest BCUT2D eigenvalue weighted by Crippen LogP contribution is 2.18. The minimum Gasteiger partial charge on any atom is -0.256 e. The zero-order valence-corrected chi connectivity index (χ0v) is 8.71. The van der Waals surface area contributed by atoms with Crippen molar-refractivity contribution in [1.82, 2.24) is 4.98 Å². The molecule has 0 amide bonds. The third-order valence-corrected chi connectivity index (χ3v) is 2.17. The summed E-state index contributed by atoms with van der Waals surface area (Å²) in [6.07, 6.45) is 1.81. The monoisotopic (exact) mass is 191 g/mol. The molecular formula is C11H13NS. The van der Waals surface area contributed by atoms with Crippen molar-refractivity contribution in [2.45, 2.75) is 13.8 Å². The largest absolute Gasteiger partial charge is 0.256 e. The molecule has 0 N–H and O–H groups in total. The lowest BCUT2D eigenvalue weighted by molar-refractivity contribution is 1.33. The van der Waals surface area contributed by atoms with Crippen LogP contribution in [-0.4, -0.2) is 4.98 Å². The van der Waals surface area contributed by atoms with E-state index in [0.29, 0.717) is 0 Å². The number of nitrogens with zero attached hydrogens (tertiary/aromatic N) is 1. The molecule has 0 aliphatic rings. The van der Waals surface area contributed by atoms with E-state index in [1.807, 2.05) is 38.2 Å². The van der Waals surface area contributed by atoms with Gasteiger partial charge in [-0.05, 0) is 23.6 Å². The van der Waals surface area contributed by atoms with Crippen LogP contribution in [0.5, 0.6) is 0 Å². The second-order valence-corrected chi connectivity index (χ2v) is 3.01. The van der Waals surface area contributed by atoms with E-state index in [-0.39, 0.29) is 0 Å². The Hall–Kier alpha value is -1.15. The van der Waals surface area contributed by atoms with Crippen LogP contribution in [0.4, 0.5) is 0 Å². The van der Waals surface area contributed by atoms with Crippen molar-refractivity contribution in [3.63, 3.8) is 0 Å². The van der Waals surface area contributed by atoms with Crippen LogP contribution in [0.15, 0.2) is 41.2 Å². The smallest absolute Gasteiger partial charge is 0.0710 e. The second-order valence-electron chi connectivity index (χ2n) is 2.23. The maximum absolute atomic E-state index is 4.23. The topological polar surface area (TPSA) is 12.9 Å². The molecule has 0 aromatic carbocycles. The third kappa shape index (κ3) is 2.67. The van der Waals surface area contributed by atoms with E-state index in [4.69, 9.17) is 0 Å². The summed E-state index contributed by atoms with van der Waals surface area (Å²) < 4.78 is 0. The molecule has 0 saturated carbocycles. The highest BCUT2D eigenvalue weighted by Gasteiger charge is 1.95. The van der Waals surface area contributed by atoms with Crippen LogP contribution in [0.2, 0.25) is 0 Å². The van der Waals surface area contributed by atoms with Gasteiger partial charge in [-0.25, -0.2) is 0 Å². The first-order valence-corrected chi connectivity index (χ1v) is 5.35. The SMILES string of the molecule is CC.c1ccc(-c2ccsc2)nc1. The average Bonchev–Trinajstić information content (AvgIpc) is 2.75. The summed E-state index contributed by atoms with van der Waals surface area (Å²) in [6.45, 7) is 4.00. The molecule has 2 aromatic rings. The van der Waals surface area contributed by atoms with Gasteiger partial charge in [-0.1, -0.05) is 19.9 Å². The first-order valence-electron chi connectivity index (χ1n) is 4.40. The summed E-state index contributed by atoms with van der Waals surface area (Å²) in [5.41, 5.74) is 2.25. The van der Waals surface area contributed by atoms with E-state index < -0.39 is 0 Å². The molecule has 0 aliphatic heterocycles. The van der Waals surface area contributed by atoms with E-state index in [1.165, 1.54) is 5.56 Å². The Kier molecular flexibility index (Phi) is 4.19. The Bertz CT molecular complexity index is 313. The van der Waals surface area contributed by atoms with Crippen LogP contribution in [0, 0.1) is 0 Å². The van der Waals surface area contributed by atoms with Crippen molar-refractivity contribution < 1.29 is 0 Å². The normalized spacial score (nSPS) is 8.77. The molecule has 13 heavy (non-hydrogen) atoms. The third-order valence-electron chi connectivity index (χ3n) is 1.48. The lowest BCUT2D eigenvalue weighted by atomic mass is 10.2. The zero-order chi connectivity index (χ0) is 9.52. The summed E-state index contributed by atoms with van der Waals surface area (Å²) in [7, 11) is 0. The fraction of sp³-hybridized carbons (Fsp3) is 0.182. The summed E-state index contributed by atoms with van der Waals surface area (Å²) in [5, 5.41) is 4.16.